The molecule has 0 aliphatic carbocycles. The second-order valence-corrected chi connectivity index (χ2v) is 7.38. The molecule has 0 N–H and O–H groups in total. The largest absolute Gasteiger partial charge is 0.466 e. The number of halogens is 1. The number of nitrogens with zero attached hydrogens (tertiary/aromatic N) is 1. The average molecular weight is 436 g/mol. The van der Waals surface area contributed by atoms with E-state index in [1.54, 1.807) is 24.3 Å². The summed E-state index contributed by atoms with van der Waals surface area (Å²) in [6.07, 6.45) is 1.69. The first-order chi connectivity index (χ1) is 14.0. The smallest absolute Gasteiger partial charge is 0.374 e. The molecule has 1 aliphatic heterocycles. The summed E-state index contributed by atoms with van der Waals surface area (Å²) in [5.41, 5.74) is 0.684. The highest BCUT2D eigenvalue weighted by Gasteiger charge is 2.27. The fourth-order valence-corrected chi connectivity index (χ4v) is 3.83. The van der Waals surface area contributed by atoms with Crippen LogP contribution in [0.2, 0.25) is 5.02 Å². The van der Waals surface area contributed by atoms with Gasteiger partial charge in [-0.3, -0.25) is 4.79 Å². The van der Waals surface area contributed by atoms with Crippen molar-refractivity contribution < 1.29 is 28.3 Å². The molecule has 0 spiro atoms. The van der Waals surface area contributed by atoms with Gasteiger partial charge in [0.25, 0.3) is 0 Å². The van der Waals surface area contributed by atoms with Crippen molar-refractivity contribution >= 4 is 41.2 Å². The Labute approximate surface area is 176 Å². The van der Waals surface area contributed by atoms with Crippen molar-refractivity contribution in [3.8, 4) is 11.3 Å². The number of methoxy groups -OCH3 is 1. The molecule has 29 heavy (non-hydrogen) atoms. The lowest BCUT2D eigenvalue weighted by Crippen LogP contribution is -2.27. The molecule has 9 heteroatoms. The van der Waals surface area contributed by atoms with E-state index in [1.165, 1.54) is 35.9 Å². The quantitative estimate of drug-likeness (QED) is 0.372. The Morgan fingerprint density at radius 1 is 1.28 bits per heavy atom. The summed E-state index contributed by atoms with van der Waals surface area (Å²) < 4.78 is 15.4. The Balaban J connectivity index is 1.52. The molecule has 1 aromatic heterocycles. The molecule has 1 aliphatic rings. The highest BCUT2D eigenvalue weighted by atomic mass is 35.5. The minimum Gasteiger partial charge on any atom is -0.466 e. The highest BCUT2D eigenvalue weighted by molar-refractivity contribution is 8.04. The molecular weight excluding hydrogens is 418 g/mol. The number of hydrogen-bond acceptors (Lipinski definition) is 7. The molecule has 1 aromatic carbocycles. The van der Waals surface area contributed by atoms with Crippen molar-refractivity contribution in [1.82, 2.24) is 4.90 Å². The number of benzene rings is 1. The Morgan fingerprint density at radius 3 is 2.83 bits per heavy atom. The van der Waals surface area contributed by atoms with Crippen LogP contribution >= 0.6 is 23.4 Å². The van der Waals surface area contributed by atoms with Gasteiger partial charge in [0.2, 0.25) is 11.7 Å². The second-order valence-electron chi connectivity index (χ2n) is 5.97. The zero-order valence-corrected chi connectivity index (χ0v) is 17.1. The van der Waals surface area contributed by atoms with Gasteiger partial charge in [0.1, 0.15) is 5.76 Å². The second kappa shape index (κ2) is 9.67. The Hall–Kier alpha value is -2.71. The van der Waals surface area contributed by atoms with Gasteiger partial charge in [-0.25, -0.2) is 9.59 Å². The predicted octanol–water partition coefficient (Wildman–Crippen LogP) is 3.74. The standard InChI is InChI=1S/C20H18ClNO6S/c1-26-19(24)11-18-22(17(23)12-29-18)9-4-10-27-20(25)16-8-7-15(28-16)13-5-2-3-6-14(13)21/h2-3,5-8,11H,4,9-10,12H2,1H3/b18-11+. The van der Waals surface area contributed by atoms with Crippen molar-refractivity contribution in [2.75, 3.05) is 26.0 Å². The van der Waals surface area contributed by atoms with Gasteiger partial charge in [-0.1, -0.05) is 35.5 Å². The number of ether oxygens (including phenoxy) is 2. The van der Waals surface area contributed by atoms with Crippen LogP contribution in [0.4, 0.5) is 0 Å². The zero-order valence-electron chi connectivity index (χ0n) is 15.6. The Kier molecular flexibility index (Phi) is 7.00. The van der Waals surface area contributed by atoms with Crippen LogP contribution in [0.5, 0.6) is 0 Å². The summed E-state index contributed by atoms with van der Waals surface area (Å²) in [4.78, 5) is 37.0. The van der Waals surface area contributed by atoms with Crippen molar-refractivity contribution in [2.24, 2.45) is 0 Å². The molecule has 2 aromatic rings. The number of thioether (sulfide) groups is 1. The summed E-state index contributed by atoms with van der Waals surface area (Å²) in [5.74, 6) is -0.424. The van der Waals surface area contributed by atoms with E-state index in [2.05, 4.69) is 4.74 Å². The number of carbonyl (C=O) groups excluding carboxylic acids is 3. The third-order valence-corrected chi connectivity index (χ3v) is 5.41. The van der Waals surface area contributed by atoms with E-state index in [1.807, 2.05) is 6.07 Å². The lowest BCUT2D eigenvalue weighted by molar-refractivity contribution is -0.134. The fraction of sp³-hybridized carbons (Fsp3) is 0.250. The maximum atomic E-state index is 12.2. The molecule has 7 nitrogen and oxygen atoms in total. The fourth-order valence-electron chi connectivity index (χ4n) is 2.64. The minimum atomic E-state index is -0.601. The van der Waals surface area contributed by atoms with Crippen LogP contribution in [-0.4, -0.2) is 48.8 Å². The van der Waals surface area contributed by atoms with Gasteiger partial charge in [-0.05, 0) is 30.7 Å². The first kappa shape index (κ1) is 21.0. The maximum absolute atomic E-state index is 12.2. The molecule has 0 unspecified atom stereocenters. The van der Waals surface area contributed by atoms with E-state index in [0.717, 1.165) is 0 Å². The number of carbonyl (C=O) groups is 3. The SMILES string of the molecule is COC(=O)/C=C1/SCC(=O)N1CCCOC(=O)c1ccc(-c2ccccc2Cl)o1. The van der Waals surface area contributed by atoms with Crippen LogP contribution in [0.25, 0.3) is 11.3 Å². The van der Waals surface area contributed by atoms with Gasteiger partial charge in [0.05, 0.1) is 35.6 Å². The first-order valence-corrected chi connectivity index (χ1v) is 10.1. The summed E-state index contributed by atoms with van der Waals surface area (Å²) in [6, 6.07) is 10.3. The molecule has 1 amide bonds. The van der Waals surface area contributed by atoms with Gasteiger partial charge in [-0.15, -0.1) is 0 Å². The summed E-state index contributed by atoms with van der Waals surface area (Å²) in [5, 5.41) is 1.05. The van der Waals surface area contributed by atoms with Crippen LogP contribution in [-0.2, 0) is 19.1 Å². The third kappa shape index (κ3) is 5.21. The van der Waals surface area contributed by atoms with Gasteiger partial charge < -0.3 is 18.8 Å². The molecule has 0 radical (unpaired) electrons. The van der Waals surface area contributed by atoms with Crippen LogP contribution in [0.15, 0.2) is 51.9 Å². The Morgan fingerprint density at radius 2 is 2.07 bits per heavy atom. The Bertz CT molecular complexity index is 954. The summed E-state index contributed by atoms with van der Waals surface area (Å²) in [6.45, 7) is 0.422. The van der Waals surface area contributed by atoms with Crippen molar-refractivity contribution in [3.63, 3.8) is 0 Å². The van der Waals surface area contributed by atoms with Gasteiger partial charge >= 0.3 is 11.9 Å². The molecule has 2 heterocycles. The molecule has 152 valence electrons. The van der Waals surface area contributed by atoms with E-state index in [9.17, 15) is 14.4 Å². The van der Waals surface area contributed by atoms with Crippen LogP contribution in [0, 0.1) is 0 Å². The molecule has 0 saturated carbocycles. The number of hydrogen-bond donors (Lipinski definition) is 0. The minimum absolute atomic E-state index is 0.0685. The first-order valence-electron chi connectivity index (χ1n) is 8.74. The molecule has 0 atom stereocenters. The van der Waals surface area contributed by atoms with Gasteiger partial charge in [0.15, 0.2) is 0 Å². The maximum Gasteiger partial charge on any atom is 0.374 e. The van der Waals surface area contributed by atoms with Gasteiger partial charge in [0, 0.05) is 12.1 Å². The van der Waals surface area contributed by atoms with Crippen molar-refractivity contribution in [3.05, 3.63) is 58.3 Å². The van der Waals surface area contributed by atoms with Gasteiger partial charge in [-0.2, -0.15) is 0 Å². The lowest BCUT2D eigenvalue weighted by atomic mass is 10.2. The molecule has 1 saturated heterocycles. The van der Waals surface area contributed by atoms with E-state index >= 15 is 0 Å². The topological polar surface area (TPSA) is 86.0 Å². The zero-order chi connectivity index (χ0) is 20.8. The number of amides is 1. The predicted molar refractivity (Wildman–Crippen MR) is 108 cm³/mol. The van der Waals surface area contributed by atoms with Crippen LogP contribution in [0.3, 0.4) is 0 Å². The van der Waals surface area contributed by atoms with Crippen LogP contribution in [0.1, 0.15) is 17.0 Å². The highest BCUT2D eigenvalue weighted by Crippen LogP contribution is 2.30. The van der Waals surface area contributed by atoms with Crippen molar-refractivity contribution in [1.29, 1.82) is 0 Å². The summed E-state index contributed by atoms with van der Waals surface area (Å²) >= 11 is 7.40. The van der Waals surface area contributed by atoms with E-state index in [-0.39, 0.29) is 24.0 Å². The normalized spacial score (nSPS) is 15.0. The third-order valence-electron chi connectivity index (χ3n) is 4.06. The van der Waals surface area contributed by atoms with E-state index in [4.69, 9.17) is 20.8 Å². The van der Waals surface area contributed by atoms with E-state index in [0.29, 0.717) is 34.3 Å². The average Bonchev–Trinajstić information content (AvgIpc) is 3.33. The number of furan rings is 1. The van der Waals surface area contributed by atoms with Crippen LogP contribution < -0.4 is 0 Å². The summed E-state index contributed by atoms with van der Waals surface area (Å²) in [7, 11) is 1.27. The monoisotopic (exact) mass is 435 g/mol. The molecule has 1 fully saturated rings. The van der Waals surface area contributed by atoms with E-state index < -0.39 is 11.9 Å². The molecule has 0 bridgehead atoms. The number of rotatable bonds is 7. The number of esters is 2. The molecular formula is C20H18ClNO6S. The molecule has 3 rings (SSSR count). The lowest BCUT2D eigenvalue weighted by Gasteiger charge is -2.16. The van der Waals surface area contributed by atoms with Crippen molar-refractivity contribution in [2.45, 2.75) is 6.42 Å².